The summed E-state index contributed by atoms with van der Waals surface area (Å²) in [6.45, 7) is 0. The van der Waals surface area contributed by atoms with Crippen LogP contribution in [0.2, 0.25) is 0 Å². The van der Waals surface area contributed by atoms with Crippen LogP contribution in [0.25, 0.3) is 9.65 Å². The first-order valence-corrected chi connectivity index (χ1v) is 5.28. The van der Waals surface area contributed by atoms with Gasteiger partial charge in [0.25, 0.3) is 0 Å². The van der Waals surface area contributed by atoms with Gasteiger partial charge in [-0.05, 0) is 0 Å². The third-order valence-electron chi connectivity index (χ3n) is 1.33. The van der Waals surface area contributed by atoms with E-state index in [9.17, 15) is 0 Å². The molecule has 1 aromatic carbocycles. The molecule has 0 bridgehead atoms. The molecule has 3 heteroatoms. The third-order valence-corrected chi connectivity index (χ3v) is 4.37. The second-order valence-corrected chi connectivity index (χ2v) is 4.52. The van der Waals surface area contributed by atoms with Crippen LogP contribution in [0.5, 0.6) is 0 Å². The van der Waals surface area contributed by atoms with Crippen LogP contribution in [0.15, 0.2) is 28.9 Å². The van der Waals surface area contributed by atoms with Crippen LogP contribution >= 0.6 is 15.9 Å². The Morgan fingerprint density at radius 2 is 2.30 bits per heavy atom. The topological polar surface area (TPSA) is 12.9 Å². The molecule has 1 nitrogen and oxygen atoms in total. The average Bonchev–Trinajstić information content (AvgIpc) is 2.36. The van der Waals surface area contributed by atoms with E-state index in [1.807, 2.05) is 12.3 Å². The summed E-state index contributed by atoms with van der Waals surface area (Å²) in [4.78, 5) is 0. The molecule has 1 heterocycles. The van der Waals surface area contributed by atoms with Crippen LogP contribution in [-0.4, -0.2) is 18.7 Å². The van der Waals surface area contributed by atoms with Gasteiger partial charge < -0.3 is 0 Å². The Morgan fingerprint density at radius 3 is 3.10 bits per heavy atom. The van der Waals surface area contributed by atoms with Gasteiger partial charge in [0.15, 0.2) is 0 Å². The predicted octanol–water partition coefficient (Wildman–Crippen LogP) is 2.05. The van der Waals surface area contributed by atoms with Crippen LogP contribution in [0.3, 0.4) is 0 Å². The van der Waals surface area contributed by atoms with Crippen LogP contribution in [0.1, 0.15) is 0 Å². The molecule has 0 aliphatic carbocycles. The quantitative estimate of drug-likeness (QED) is 0.661. The van der Waals surface area contributed by atoms with Crippen LogP contribution in [0, 0.1) is 0 Å². The van der Waals surface area contributed by atoms with Crippen molar-refractivity contribution >= 4 is 40.3 Å². The standard InChI is InChI=1S/C7H4BrNSe/c8-6-3-1-2-5-4-9-10-7(5)6/h1-4H. The first-order valence-electron chi connectivity index (χ1n) is 2.87. The maximum absolute atomic E-state index is 4.22. The van der Waals surface area contributed by atoms with Crippen molar-refractivity contribution < 1.29 is 0 Å². The number of hydrogen-bond acceptors (Lipinski definition) is 1. The van der Waals surface area contributed by atoms with E-state index in [0.29, 0.717) is 14.7 Å². The molecular formula is C7H4BrNSe. The van der Waals surface area contributed by atoms with Gasteiger partial charge in [0, 0.05) is 0 Å². The average molecular weight is 261 g/mol. The van der Waals surface area contributed by atoms with Gasteiger partial charge >= 0.3 is 73.2 Å². The van der Waals surface area contributed by atoms with Crippen LogP contribution < -0.4 is 0 Å². The molecule has 0 aliphatic rings. The molecule has 0 atom stereocenters. The number of fused-ring (bicyclic) bond motifs is 1. The number of nitrogens with zero attached hydrogens (tertiary/aromatic N) is 1. The zero-order valence-electron chi connectivity index (χ0n) is 5.04. The van der Waals surface area contributed by atoms with Gasteiger partial charge in [-0.2, -0.15) is 0 Å². The number of rotatable bonds is 0. The van der Waals surface area contributed by atoms with E-state index in [0.717, 1.165) is 0 Å². The van der Waals surface area contributed by atoms with Gasteiger partial charge in [0.05, 0.1) is 0 Å². The molecule has 0 saturated heterocycles. The SMILES string of the molecule is Brc1cccc2cn[se]c12. The van der Waals surface area contributed by atoms with Crippen molar-refractivity contribution in [1.82, 2.24) is 3.98 Å². The van der Waals surface area contributed by atoms with Crippen molar-refractivity contribution in [2.45, 2.75) is 0 Å². The molecule has 0 fully saturated rings. The summed E-state index contributed by atoms with van der Waals surface area (Å²) in [6, 6.07) is 6.20. The molecule has 0 amide bonds. The molecule has 1 aromatic heterocycles. The molecule has 50 valence electrons. The Labute approximate surface area is 73.2 Å². The van der Waals surface area contributed by atoms with Crippen molar-refractivity contribution in [3.05, 3.63) is 28.9 Å². The number of benzene rings is 1. The van der Waals surface area contributed by atoms with E-state index in [-0.39, 0.29) is 0 Å². The summed E-state index contributed by atoms with van der Waals surface area (Å²) in [5, 5.41) is 1.27. The predicted molar refractivity (Wildman–Crippen MR) is 46.4 cm³/mol. The molecule has 0 unspecified atom stereocenters. The second kappa shape index (κ2) is 2.50. The fourth-order valence-electron chi connectivity index (χ4n) is 0.859. The van der Waals surface area contributed by atoms with Gasteiger partial charge in [0.2, 0.25) is 0 Å². The van der Waals surface area contributed by atoms with E-state index in [1.54, 1.807) is 0 Å². The molecule has 2 aromatic rings. The van der Waals surface area contributed by atoms with Gasteiger partial charge in [-0.15, -0.1) is 0 Å². The van der Waals surface area contributed by atoms with E-state index in [4.69, 9.17) is 0 Å². The Balaban J connectivity index is 2.95. The van der Waals surface area contributed by atoms with Gasteiger partial charge in [-0.25, -0.2) is 0 Å². The minimum atomic E-state index is 0.315. The Bertz CT molecular complexity index is 355. The van der Waals surface area contributed by atoms with E-state index in [1.165, 1.54) is 14.1 Å². The fraction of sp³-hybridized carbons (Fsp3) is 0. The molecule has 10 heavy (non-hydrogen) atoms. The number of aromatic nitrogens is 1. The normalized spacial score (nSPS) is 10.5. The van der Waals surface area contributed by atoms with E-state index >= 15 is 0 Å². The van der Waals surface area contributed by atoms with Gasteiger partial charge in [0.1, 0.15) is 0 Å². The van der Waals surface area contributed by atoms with Crippen molar-refractivity contribution in [1.29, 1.82) is 0 Å². The first kappa shape index (κ1) is 6.59. The Kier molecular flexibility index (Phi) is 1.64. The summed E-state index contributed by atoms with van der Waals surface area (Å²) < 4.78 is 6.79. The molecule has 0 aliphatic heterocycles. The van der Waals surface area contributed by atoms with Crippen molar-refractivity contribution in [3.8, 4) is 0 Å². The Morgan fingerprint density at radius 1 is 1.40 bits per heavy atom. The third kappa shape index (κ3) is 0.947. The molecule has 2 rings (SSSR count). The first-order chi connectivity index (χ1) is 4.88. The van der Waals surface area contributed by atoms with Crippen LogP contribution in [0.4, 0.5) is 0 Å². The summed E-state index contributed by atoms with van der Waals surface area (Å²) in [7, 11) is 0. The van der Waals surface area contributed by atoms with E-state index < -0.39 is 0 Å². The summed E-state index contributed by atoms with van der Waals surface area (Å²) >= 11 is 3.80. The summed E-state index contributed by atoms with van der Waals surface area (Å²) in [6.07, 6.45) is 1.94. The minimum absolute atomic E-state index is 0.315. The molecule has 0 spiro atoms. The van der Waals surface area contributed by atoms with Crippen molar-refractivity contribution in [2.75, 3.05) is 0 Å². The number of halogens is 1. The zero-order valence-corrected chi connectivity index (χ0v) is 8.34. The molecule has 0 saturated carbocycles. The van der Waals surface area contributed by atoms with Crippen molar-refractivity contribution in [3.63, 3.8) is 0 Å². The number of hydrogen-bond donors (Lipinski definition) is 0. The monoisotopic (exact) mass is 261 g/mol. The maximum atomic E-state index is 4.22. The molecule has 0 N–H and O–H groups in total. The second-order valence-electron chi connectivity index (χ2n) is 1.98. The summed E-state index contributed by atoms with van der Waals surface area (Å²) in [5.74, 6) is 0. The van der Waals surface area contributed by atoms with Gasteiger partial charge in [-0.1, -0.05) is 0 Å². The van der Waals surface area contributed by atoms with Gasteiger partial charge in [-0.3, -0.25) is 0 Å². The molecule has 0 radical (unpaired) electrons. The molecular weight excluding hydrogens is 257 g/mol. The summed E-state index contributed by atoms with van der Waals surface area (Å²) in [5.41, 5.74) is 0. The van der Waals surface area contributed by atoms with Crippen LogP contribution in [-0.2, 0) is 0 Å². The van der Waals surface area contributed by atoms with Crippen molar-refractivity contribution in [2.24, 2.45) is 0 Å². The fourth-order valence-corrected chi connectivity index (χ4v) is 2.99. The van der Waals surface area contributed by atoms with E-state index in [2.05, 4.69) is 32.0 Å². The zero-order chi connectivity index (χ0) is 6.97. The Hall–Kier alpha value is -0.111.